The highest BCUT2D eigenvalue weighted by molar-refractivity contribution is 4.30. The van der Waals surface area contributed by atoms with Gasteiger partial charge in [0.2, 0.25) is 0 Å². The van der Waals surface area contributed by atoms with Gasteiger partial charge in [-0.3, -0.25) is 0 Å². The Morgan fingerprint density at radius 2 is 2.00 bits per heavy atom. The van der Waals surface area contributed by atoms with Crippen molar-refractivity contribution >= 4 is 0 Å². The van der Waals surface area contributed by atoms with Crippen LogP contribution in [-0.2, 0) is 4.74 Å². The normalized spacial score (nSPS) is 10.0. The Balaban J connectivity index is 2.63. The van der Waals surface area contributed by atoms with Crippen LogP contribution in [0.4, 0.5) is 0 Å². The van der Waals surface area contributed by atoms with Gasteiger partial charge in [0, 0.05) is 6.61 Å². The molecule has 0 aliphatic rings. The molecule has 0 rings (SSSR count). The van der Waals surface area contributed by atoms with E-state index in [-0.39, 0.29) is 0 Å². The molecule has 38 valence electrons. The van der Waals surface area contributed by atoms with Gasteiger partial charge in [0.25, 0.3) is 0 Å². The lowest BCUT2D eigenvalue weighted by atomic mass is 10.5. The molecule has 0 amide bonds. The summed E-state index contributed by atoms with van der Waals surface area (Å²) in [6, 6.07) is 0. The summed E-state index contributed by atoms with van der Waals surface area (Å²) in [7, 11) is 0. The van der Waals surface area contributed by atoms with Gasteiger partial charge < -0.3 is 4.74 Å². The highest BCUT2D eigenvalue weighted by Crippen LogP contribution is 1.83. The molecule has 0 saturated heterocycles. The third-order valence-electron chi connectivity index (χ3n) is 0.500. The summed E-state index contributed by atoms with van der Waals surface area (Å²) in [5.41, 5.74) is 0. The van der Waals surface area contributed by atoms with Crippen LogP contribution in [0.15, 0.2) is 0 Å². The second-order valence-electron chi connectivity index (χ2n) is 1.50. The molecule has 0 saturated carbocycles. The zero-order chi connectivity index (χ0) is 4.99. The lowest BCUT2D eigenvalue weighted by Crippen LogP contribution is -1.99. The topological polar surface area (TPSA) is 9.23 Å². The van der Waals surface area contributed by atoms with Crippen molar-refractivity contribution in [3.05, 3.63) is 0 Å². The van der Waals surface area contributed by atoms with Crippen LogP contribution in [0.25, 0.3) is 0 Å². The van der Waals surface area contributed by atoms with E-state index < -0.39 is 0 Å². The molecule has 0 N–H and O–H groups in total. The van der Waals surface area contributed by atoms with Crippen LogP contribution < -0.4 is 0 Å². The van der Waals surface area contributed by atoms with E-state index in [0.29, 0.717) is 6.10 Å². The molecule has 0 spiro atoms. The minimum absolute atomic E-state index is 0.398. The molecule has 0 bridgehead atoms. The molecule has 0 aromatic heterocycles. The van der Waals surface area contributed by atoms with Crippen molar-refractivity contribution in [3.63, 3.8) is 0 Å². The quantitative estimate of drug-likeness (QED) is 0.496. The number of hydrogen-bond acceptors (Lipinski definition) is 1. The lowest BCUT2D eigenvalue weighted by molar-refractivity contribution is 0.0899. The van der Waals surface area contributed by atoms with Gasteiger partial charge in [-0.1, -0.05) is 0 Å². The first-order chi connectivity index (χ1) is 2.77. The van der Waals surface area contributed by atoms with Crippen LogP contribution in [0.5, 0.6) is 0 Å². The average Bonchev–Trinajstić information content (AvgIpc) is 1.35. The van der Waals surface area contributed by atoms with Crippen LogP contribution >= 0.6 is 0 Å². The minimum atomic E-state index is 0.398. The summed E-state index contributed by atoms with van der Waals surface area (Å²) in [5, 5.41) is 0. The van der Waals surface area contributed by atoms with Crippen molar-refractivity contribution < 1.29 is 4.74 Å². The SMILES string of the molecule is CCOC(C)C. The Labute approximate surface area is 39.3 Å². The van der Waals surface area contributed by atoms with E-state index in [1.54, 1.807) is 0 Å². The molecule has 0 aromatic carbocycles. The molecule has 6 heavy (non-hydrogen) atoms. The monoisotopic (exact) mass is 88.1 g/mol. The predicted octanol–water partition coefficient (Wildman–Crippen LogP) is 1.43. The summed E-state index contributed by atoms with van der Waals surface area (Å²) >= 11 is 0. The van der Waals surface area contributed by atoms with Gasteiger partial charge >= 0.3 is 0 Å². The molecule has 0 heterocycles. The van der Waals surface area contributed by atoms with Crippen molar-refractivity contribution in [1.29, 1.82) is 0 Å². The largest absolute Gasteiger partial charge is 0.379 e. The molecule has 0 aromatic rings. The van der Waals surface area contributed by atoms with E-state index in [2.05, 4.69) is 0 Å². The number of hydrogen-bond donors (Lipinski definition) is 0. The Hall–Kier alpha value is -0.0400. The minimum Gasteiger partial charge on any atom is -0.379 e. The summed E-state index contributed by atoms with van der Waals surface area (Å²) < 4.78 is 5.04. The maximum Gasteiger partial charge on any atom is 0.0518 e. The zero-order valence-corrected chi connectivity index (χ0v) is 4.69. The lowest BCUT2D eigenvalue weighted by Gasteiger charge is -2.00. The van der Waals surface area contributed by atoms with Crippen molar-refractivity contribution in [2.45, 2.75) is 26.9 Å². The van der Waals surface area contributed by atoms with Gasteiger partial charge in [-0.05, 0) is 20.8 Å². The molecule has 0 fully saturated rings. The van der Waals surface area contributed by atoms with Crippen molar-refractivity contribution in [2.75, 3.05) is 6.61 Å². The molecular formula is C5H12O. The number of rotatable bonds is 2. The average molecular weight is 88.2 g/mol. The second kappa shape index (κ2) is 3.16. The van der Waals surface area contributed by atoms with Crippen LogP contribution in [0.3, 0.4) is 0 Å². The van der Waals surface area contributed by atoms with Gasteiger partial charge in [-0.2, -0.15) is 0 Å². The first kappa shape index (κ1) is 5.96. The highest BCUT2D eigenvalue weighted by Gasteiger charge is 1.83. The van der Waals surface area contributed by atoms with Gasteiger partial charge in [-0.25, -0.2) is 0 Å². The molecule has 1 heteroatoms. The molecule has 0 aliphatic carbocycles. The summed E-state index contributed by atoms with van der Waals surface area (Å²) in [6.07, 6.45) is 0.398. The Kier molecular flexibility index (Phi) is 3.14. The smallest absolute Gasteiger partial charge is 0.0518 e. The van der Waals surface area contributed by atoms with Gasteiger partial charge in [0.05, 0.1) is 6.10 Å². The summed E-state index contributed by atoms with van der Waals surface area (Å²) in [5.74, 6) is 0. The van der Waals surface area contributed by atoms with Crippen LogP contribution in [0.2, 0.25) is 0 Å². The Morgan fingerprint density at radius 1 is 1.50 bits per heavy atom. The van der Waals surface area contributed by atoms with Crippen molar-refractivity contribution in [1.82, 2.24) is 0 Å². The summed E-state index contributed by atoms with van der Waals surface area (Å²) in [6.45, 7) is 6.89. The van der Waals surface area contributed by atoms with E-state index in [1.165, 1.54) is 0 Å². The highest BCUT2D eigenvalue weighted by atomic mass is 16.5. The zero-order valence-electron chi connectivity index (χ0n) is 4.69. The first-order valence-corrected chi connectivity index (χ1v) is 2.39. The Morgan fingerprint density at radius 3 is 2.00 bits per heavy atom. The Bertz CT molecular complexity index is 25.1. The van der Waals surface area contributed by atoms with E-state index in [4.69, 9.17) is 4.74 Å². The fraction of sp³-hybridized carbons (Fsp3) is 1.00. The van der Waals surface area contributed by atoms with Crippen LogP contribution in [0, 0.1) is 0 Å². The van der Waals surface area contributed by atoms with Gasteiger partial charge in [-0.15, -0.1) is 0 Å². The first-order valence-electron chi connectivity index (χ1n) is 2.39. The van der Waals surface area contributed by atoms with E-state index in [1.807, 2.05) is 20.8 Å². The van der Waals surface area contributed by atoms with E-state index in [9.17, 15) is 0 Å². The third-order valence-corrected chi connectivity index (χ3v) is 0.500. The van der Waals surface area contributed by atoms with Crippen molar-refractivity contribution in [2.24, 2.45) is 0 Å². The van der Waals surface area contributed by atoms with Crippen LogP contribution in [-0.4, -0.2) is 12.7 Å². The van der Waals surface area contributed by atoms with Crippen molar-refractivity contribution in [3.8, 4) is 0 Å². The fourth-order valence-corrected chi connectivity index (χ4v) is 0.333. The second-order valence-corrected chi connectivity index (χ2v) is 1.50. The molecular weight excluding hydrogens is 76.1 g/mol. The van der Waals surface area contributed by atoms with Gasteiger partial charge in [0.15, 0.2) is 0 Å². The third kappa shape index (κ3) is 3.96. The van der Waals surface area contributed by atoms with E-state index >= 15 is 0 Å². The molecule has 0 unspecified atom stereocenters. The predicted molar refractivity (Wildman–Crippen MR) is 26.8 cm³/mol. The standard InChI is InChI=1S/C5H12O/c1-4-6-5(2)3/h5H,4H2,1-3H3. The fourth-order valence-electron chi connectivity index (χ4n) is 0.333. The maximum absolute atomic E-state index is 5.04. The maximum atomic E-state index is 5.04. The molecule has 0 aliphatic heterocycles. The van der Waals surface area contributed by atoms with Gasteiger partial charge in [0.1, 0.15) is 0 Å². The summed E-state index contributed by atoms with van der Waals surface area (Å²) in [4.78, 5) is 0. The molecule has 1 nitrogen and oxygen atoms in total. The molecule has 0 atom stereocenters. The van der Waals surface area contributed by atoms with Crippen LogP contribution in [0.1, 0.15) is 20.8 Å². The van der Waals surface area contributed by atoms with E-state index in [0.717, 1.165) is 6.61 Å². The number of ether oxygens (including phenoxy) is 1. The molecule has 0 radical (unpaired) electrons.